The van der Waals surface area contributed by atoms with Crippen molar-refractivity contribution in [3.63, 3.8) is 0 Å². The van der Waals surface area contributed by atoms with Crippen LogP contribution >= 0.6 is 0 Å². The summed E-state index contributed by atoms with van der Waals surface area (Å²) in [6, 6.07) is 18.7. The Kier molecular flexibility index (Phi) is 7.09. The van der Waals surface area contributed by atoms with E-state index in [1.807, 2.05) is 23.1 Å². The van der Waals surface area contributed by atoms with Crippen molar-refractivity contribution in [1.29, 1.82) is 0 Å². The Balaban J connectivity index is 1.53. The molecule has 0 spiro atoms. The second-order valence-electron chi connectivity index (χ2n) is 8.86. The first kappa shape index (κ1) is 21.5. The van der Waals surface area contributed by atoms with E-state index in [0.717, 1.165) is 6.54 Å². The Morgan fingerprint density at radius 2 is 1.72 bits per heavy atom. The first-order valence-electron chi connectivity index (χ1n) is 10.6. The van der Waals surface area contributed by atoms with Crippen LogP contribution in [-0.4, -0.2) is 53.6 Å². The van der Waals surface area contributed by atoms with E-state index in [1.54, 1.807) is 0 Å². The molecule has 0 radical (unpaired) electrons. The summed E-state index contributed by atoms with van der Waals surface area (Å²) in [6.45, 7) is 4.27. The van der Waals surface area contributed by atoms with Crippen LogP contribution in [0.15, 0.2) is 54.6 Å². The summed E-state index contributed by atoms with van der Waals surface area (Å²) in [4.78, 5) is 16.8. The molecule has 1 amide bonds. The number of aliphatic hydroxyl groups is 1. The van der Waals surface area contributed by atoms with Crippen LogP contribution in [0.1, 0.15) is 48.8 Å². The highest BCUT2D eigenvalue weighted by Gasteiger charge is 2.34. The molecule has 0 saturated carbocycles. The summed E-state index contributed by atoms with van der Waals surface area (Å²) >= 11 is 0. The van der Waals surface area contributed by atoms with Crippen molar-refractivity contribution in [3.8, 4) is 0 Å². The van der Waals surface area contributed by atoms with Gasteiger partial charge in [0, 0.05) is 32.5 Å². The number of carbonyl (C=O) groups is 1. The molecule has 4 nitrogen and oxygen atoms in total. The number of amides is 1. The van der Waals surface area contributed by atoms with Crippen molar-refractivity contribution in [2.24, 2.45) is 0 Å². The Morgan fingerprint density at radius 1 is 1.07 bits per heavy atom. The average molecular weight is 395 g/mol. The molecule has 1 aliphatic rings. The van der Waals surface area contributed by atoms with Crippen molar-refractivity contribution in [3.05, 3.63) is 71.3 Å². The normalized spacial score (nSPS) is 17.3. The van der Waals surface area contributed by atoms with Gasteiger partial charge in [-0.1, -0.05) is 61.5 Å². The molecule has 1 unspecified atom stereocenters. The second kappa shape index (κ2) is 9.55. The van der Waals surface area contributed by atoms with Crippen LogP contribution in [-0.2, 0) is 17.8 Å². The van der Waals surface area contributed by atoms with E-state index >= 15 is 0 Å². The fraction of sp³-hybridized carbons (Fsp3) is 0.480. The number of benzene rings is 2. The highest BCUT2D eigenvalue weighted by Crippen LogP contribution is 2.28. The van der Waals surface area contributed by atoms with Gasteiger partial charge < -0.3 is 14.9 Å². The molecule has 4 heteroatoms. The number of hydrogen-bond acceptors (Lipinski definition) is 3. The van der Waals surface area contributed by atoms with Gasteiger partial charge in [0.25, 0.3) is 0 Å². The lowest BCUT2D eigenvalue weighted by Crippen LogP contribution is -2.47. The Hall–Kier alpha value is -2.17. The van der Waals surface area contributed by atoms with E-state index in [0.29, 0.717) is 38.8 Å². The highest BCUT2D eigenvalue weighted by molar-refractivity contribution is 5.77. The van der Waals surface area contributed by atoms with Crippen molar-refractivity contribution < 1.29 is 9.90 Å². The SMILES string of the molecule is CC(CC(=O)N1CCC(O)(Cc2cccc(CN(C)C)c2)CC1)c1ccccc1. The van der Waals surface area contributed by atoms with Crippen molar-refractivity contribution in [2.75, 3.05) is 27.2 Å². The lowest BCUT2D eigenvalue weighted by molar-refractivity contribution is -0.135. The molecule has 0 aromatic heterocycles. The summed E-state index contributed by atoms with van der Waals surface area (Å²) in [5.74, 6) is 0.403. The van der Waals surface area contributed by atoms with E-state index in [2.05, 4.69) is 62.3 Å². The topological polar surface area (TPSA) is 43.8 Å². The fourth-order valence-corrected chi connectivity index (χ4v) is 4.22. The van der Waals surface area contributed by atoms with Gasteiger partial charge in [-0.05, 0) is 49.5 Å². The molecule has 0 aliphatic carbocycles. The summed E-state index contributed by atoms with van der Waals surface area (Å²) in [6.07, 6.45) is 2.44. The molecule has 156 valence electrons. The minimum atomic E-state index is -0.724. The Bertz CT molecular complexity index is 795. The molecule has 1 aliphatic heterocycles. The maximum atomic E-state index is 12.7. The molecule has 29 heavy (non-hydrogen) atoms. The van der Waals surface area contributed by atoms with Crippen LogP contribution in [0.5, 0.6) is 0 Å². The highest BCUT2D eigenvalue weighted by atomic mass is 16.3. The smallest absolute Gasteiger partial charge is 0.223 e. The summed E-state index contributed by atoms with van der Waals surface area (Å²) in [5.41, 5.74) is 2.91. The third-order valence-corrected chi connectivity index (χ3v) is 5.92. The van der Waals surface area contributed by atoms with Crippen LogP contribution < -0.4 is 0 Å². The van der Waals surface area contributed by atoms with Gasteiger partial charge in [-0.3, -0.25) is 4.79 Å². The van der Waals surface area contributed by atoms with Crippen LogP contribution in [0.2, 0.25) is 0 Å². The van der Waals surface area contributed by atoms with Gasteiger partial charge in [0.1, 0.15) is 0 Å². The van der Waals surface area contributed by atoms with Crippen LogP contribution in [0.4, 0.5) is 0 Å². The summed E-state index contributed by atoms with van der Waals surface area (Å²) in [5, 5.41) is 11.1. The predicted molar refractivity (Wildman–Crippen MR) is 118 cm³/mol. The Labute approximate surface area is 175 Å². The molecule has 1 heterocycles. The molecule has 2 aromatic rings. The quantitative estimate of drug-likeness (QED) is 0.776. The monoisotopic (exact) mass is 394 g/mol. The third-order valence-electron chi connectivity index (χ3n) is 5.92. The van der Waals surface area contributed by atoms with Crippen LogP contribution in [0, 0.1) is 0 Å². The van der Waals surface area contributed by atoms with E-state index in [4.69, 9.17) is 0 Å². The molecule has 1 N–H and O–H groups in total. The van der Waals surface area contributed by atoms with Gasteiger partial charge in [0.05, 0.1) is 5.60 Å². The van der Waals surface area contributed by atoms with E-state index in [-0.39, 0.29) is 11.8 Å². The van der Waals surface area contributed by atoms with Gasteiger partial charge >= 0.3 is 0 Å². The van der Waals surface area contributed by atoms with Crippen LogP contribution in [0.25, 0.3) is 0 Å². The maximum Gasteiger partial charge on any atom is 0.223 e. The standard InChI is InChI=1S/C25H34N2O2/c1-20(23-10-5-4-6-11-23)16-24(28)27-14-12-25(29,13-15-27)18-21-8-7-9-22(17-21)19-26(2)3/h4-11,17,20,29H,12-16,18-19H2,1-3H3. The Morgan fingerprint density at radius 3 is 2.38 bits per heavy atom. The minimum Gasteiger partial charge on any atom is -0.389 e. The first-order valence-corrected chi connectivity index (χ1v) is 10.6. The number of carbonyl (C=O) groups excluding carboxylic acids is 1. The van der Waals surface area contributed by atoms with Gasteiger partial charge in [-0.25, -0.2) is 0 Å². The van der Waals surface area contributed by atoms with E-state index in [9.17, 15) is 9.90 Å². The average Bonchev–Trinajstić information content (AvgIpc) is 2.68. The number of hydrogen-bond donors (Lipinski definition) is 1. The van der Waals surface area contributed by atoms with Crippen LogP contribution in [0.3, 0.4) is 0 Å². The van der Waals surface area contributed by atoms with Crippen molar-refractivity contribution in [1.82, 2.24) is 9.80 Å². The number of rotatable bonds is 7. The molecular formula is C25H34N2O2. The third kappa shape index (κ3) is 6.15. The van der Waals surface area contributed by atoms with E-state index < -0.39 is 5.60 Å². The largest absolute Gasteiger partial charge is 0.389 e. The molecular weight excluding hydrogens is 360 g/mol. The zero-order chi connectivity index (χ0) is 20.9. The summed E-state index contributed by atoms with van der Waals surface area (Å²) in [7, 11) is 4.12. The first-order chi connectivity index (χ1) is 13.8. The predicted octanol–water partition coefficient (Wildman–Crippen LogP) is 3.84. The number of nitrogens with zero attached hydrogens (tertiary/aromatic N) is 2. The van der Waals surface area contributed by atoms with Gasteiger partial charge in [-0.2, -0.15) is 0 Å². The van der Waals surface area contributed by atoms with E-state index in [1.165, 1.54) is 16.7 Å². The number of likely N-dealkylation sites (tertiary alicyclic amines) is 1. The zero-order valence-electron chi connectivity index (χ0n) is 18.0. The molecule has 0 bridgehead atoms. The fourth-order valence-electron chi connectivity index (χ4n) is 4.22. The van der Waals surface area contributed by atoms with Gasteiger partial charge in [0.15, 0.2) is 0 Å². The lowest BCUT2D eigenvalue weighted by Gasteiger charge is -2.38. The molecule has 1 fully saturated rings. The molecule has 1 saturated heterocycles. The lowest BCUT2D eigenvalue weighted by atomic mass is 9.84. The molecule has 2 aromatic carbocycles. The molecule has 3 rings (SSSR count). The van der Waals surface area contributed by atoms with Gasteiger partial charge in [-0.15, -0.1) is 0 Å². The molecule has 1 atom stereocenters. The maximum absolute atomic E-state index is 12.7. The second-order valence-corrected chi connectivity index (χ2v) is 8.86. The summed E-state index contributed by atoms with van der Waals surface area (Å²) < 4.78 is 0. The van der Waals surface area contributed by atoms with Gasteiger partial charge in [0.2, 0.25) is 5.91 Å². The van der Waals surface area contributed by atoms with Crippen molar-refractivity contribution in [2.45, 2.75) is 50.7 Å². The van der Waals surface area contributed by atoms with Crippen molar-refractivity contribution >= 4 is 5.91 Å². The zero-order valence-corrected chi connectivity index (χ0v) is 18.0. The number of piperidine rings is 1. The minimum absolute atomic E-state index is 0.191.